The predicted octanol–water partition coefficient (Wildman–Crippen LogP) is 3.91. The number of nitrogens with zero attached hydrogens (tertiary/aromatic N) is 1. The van der Waals surface area contributed by atoms with E-state index in [4.69, 9.17) is 0 Å². The quantitative estimate of drug-likeness (QED) is 0.786. The maximum Gasteiger partial charge on any atom is 0.0257 e. The first kappa shape index (κ1) is 17.0. The largest absolute Gasteiger partial charge is 0.313 e. The fourth-order valence-electron chi connectivity index (χ4n) is 3.55. The molecule has 1 N–H and O–H groups in total. The molecule has 1 fully saturated rings. The van der Waals surface area contributed by atoms with E-state index >= 15 is 0 Å². The maximum absolute atomic E-state index is 3.74. The molecule has 0 aromatic rings. The van der Waals surface area contributed by atoms with Gasteiger partial charge in [0.15, 0.2) is 0 Å². The van der Waals surface area contributed by atoms with Crippen LogP contribution in [0.15, 0.2) is 0 Å². The second kappa shape index (κ2) is 7.08. The first-order valence-corrected chi connectivity index (χ1v) is 8.26. The van der Waals surface area contributed by atoms with Gasteiger partial charge in [0.2, 0.25) is 0 Å². The van der Waals surface area contributed by atoms with Gasteiger partial charge in [0.1, 0.15) is 0 Å². The van der Waals surface area contributed by atoms with Gasteiger partial charge in [-0.2, -0.15) is 0 Å². The summed E-state index contributed by atoms with van der Waals surface area (Å²) in [6.07, 6.45) is 4.01. The Morgan fingerprint density at radius 1 is 1.21 bits per heavy atom. The Morgan fingerprint density at radius 2 is 1.84 bits per heavy atom. The monoisotopic (exact) mass is 268 g/mol. The van der Waals surface area contributed by atoms with E-state index in [1.54, 1.807) is 0 Å². The first-order valence-electron chi connectivity index (χ1n) is 8.26. The van der Waals surface area contributed by atoms with Crippen LogP contribution in [0, 0.1) is 11.3 Å². The number of likely N-dealkylation sites (N-methyl/N-ethyl adjacent to an activating group) is 1. The van der Waals surface area contributed by atoms with Crippen LogP contribution >= 0.6 is 0 Å². The number of hydrogen-bond acceptors (Lipinski definition) is 2. The highest BCUT2D eigenvalue weighted by molar-refractivity contribution is 4.95. The van der Waals surface area contributed by atoms with Crippen molar-refractivity contribution < 1.29 is 0 Å². The van der Waals surface area contributed by atoms with E-state index in [0.29, 0.717) is 23.5 Å². The van der Waals surface area contributed by atoms with Crippen molar-refractivity contribution in [3.05, 3.63) is 0 Å². The highest BCUT2D eigenvalue weighted by Crippen LogP contribution is 2.38. The summed E-state index contributed by atoms with van der Waals surface area (Å²) < 4.78 is 0. The van der Waals surface area contributed by atoms with Gasteiger partial charge in [0, 0.05) is 24.7 Å². The predicted molar refractivity (Wildman–Crippen MR) is 85.6 cm³/mol. The Balaban J connectivity index is 2.85. The second-order valence-electron chi connectivity index (χ2n) is 7.82. The summed E-state index contributed by atoms with van der Waals surface area (Å²) in [6, 6.07) is 2.02. The third-order valence-corrected chi connectivity index (χ3v) is 4.49. The molecule has 0 saturated heterocycles. The highest BCUT2D eigenvalue weighted by Gasteiger charge is 2.38. The van der Waals surface area contributed by atoms with Crippen LogP contribution in [0.2, 0.25) is 0 Å². The van der Waals surface area contributed by atoms with Crippen molar-refractivity contribution in [3.63, 3.8) is 0 Å². The minimum Gasteiger partial charge on any atom is -0.313 e. The summed E-state index contributed by atoms with van der Waals surface area (Å²) >= 11 is 0. The van der Waals surface area contributed by atoms with E-state index in [0.717, 1.165) is 12.5 Å². The minimum atomic E-state index is 0.501. The average Bonchev–Trinajstić information content (AvgIpc) is 2.28. The zero-order chi connectivity index (χ0) is 14.6. The standard InChI is InChI=1S/C17H36N2/c1-8-18-15-9-10-17(6,7)11-16(15)19(14(4)5)12-13(2)3/h13-16,18H,8-12H2,1-7H3. The molecule has 0 aromatic heterocycles. The van der Waals surface area contributed by atoms with E-state index in [2.05, 4.69) is 58.7 Å². The van der Waals surface area contributed by atoms with Crippen LogP contribution in [0.4, 0.5) is 0 Å². The van der Waals surface area contributed by atoms with Gasteiger partial charge in [-0.3, -0.25) is 4.90 Å². The zero-order valence-electron chi connectivity index (χ0n) is 14.3. The molecular formula is C17H36N2. The Kier molecular flexibility index (Phi) is 6.32. The lowest BCUT2D eigenvalue weighted by Gasteiger charge is -2.48. The van der Waals surface area contributed by atoms with Gasteiger partial charge in [-0.25, -0.2) is 0 Å². The van der Waals surface area contributed by atoms with Crippen LogP contribution in [-0.2, 0) is 0 Å². The zero-order valence-corrected chi connectivity index (χ0v) is 14.3. The third kappa shape index (κ3) is 5.07. The van der Waals surface area contributed by atoms with Crippen LogP contribution < -0.4 is 5.32 Å². The summed E-state index contributed by atoms with van der Waals surface area (Å²) in [6.45, 7) is 18.8. The molecule has 0 spiro atoms. The Hall–Kier alpha value is -0.0800. The SMILES string of the molecule is CCNC1CCC(C)(C)CC1N(CC(C)C)C(C)C. The molecule has 0 heterocycles. The molecule has 114 valence electrons. The van der Waals surface area contributed by atoms with E-state index in [1.165, 1.54) is 25.8 Å². The molecule has 0 aromatic carbocycles. The van der Waals surface area contributed by atoms with Gasteiger partial charge >= 0.3 is 0 Å². The summed E-state index contributed by atoms with van der Waals surface area (Å²) in [7, 11) is 0. The van der Waals surface area contributed by atoms with Crippen molar-refractivity contribution in [1.29, 1.82) is 0 Å². The third-order valence-electron chi connectivity index (χ3n) is 4.49. The van der Waals surface area contributed by atoms with Gasteiger partial charge in [-0.1, -0.05) is 34.6 Å². The smallest absolute Gasteiger partial charge is 0.0257 e. The topological polar surface area (TPSA) is 15.3 Å². The van der Waals surface area contributed by atoms with E-state index in [-0.39, 0.29) is 0 Å². The second-order valence-corrected chi connectivity index (χ2v) is 7.82. The molecule has 0 radical (unpaired) electrons. The molecule has 2 unspecified atom stereocenters. The molecule has 0 amide bonds. The lowest BCUT2D eigenvalue weighted by molar-refractivity contribution is 0.0375. The lowest BCUT2D eigenvalue weighted by Crippen LogP contribution is -2.57. The van der Waals surface area contributed by atoms with Gasteiger partial charge < -0.3 is 5.32 Å². The Labute approximate surface area is 121 Å². The molecule has 1 aliphatic carbocycles. The fourth-order valence-corrected chi connectivity index (χ4v) is 3.55. The maximum atomic E-state index is 3.74. The summed E-state index contributed by atoms with van der Waals surface area (Å²) in [5.41, 5.74) is 0.501. The van der Waals surface area contributed by atoms with Crippen LogP contribution in [0.3, 0.4) is 0 Å². The molecule has 2 heteroatoms. The van der Waals surface area contributed by atoms with E-state index in [9.17, 15) is 0 Å². The summed E-state index contributed by atoms with van der Waals surface area (Å²) in [4.78, 5) is 2.75. The molecule has 2 nitrogen and oxygen atoms in total. The van der Waals surface area contributed by atoms with Crippen molar-refractivity contribution in [2.24, 2.45) is 11.3 Å². The number of hydrogen-bond donors (Lipinski definition) is 1. The summed E-state index contributed by atoms with van der Waals surface area (Å²) in [5, 5.41) is 3.74. The van der Waals surface area contributed by atoms with E-state index < -0.39 is 0 Å². The van der Waals surface area contributed by atoms with Crippen LogP contribution in [0.5, 0.6) is 0 Å². The van der Waals surface area contributed by atoms with Crippen molar-refractivity contribution in [2.45, 2.75) is 85.9 Å². The normalized spacial score (nSPS) is 27.5. The molecule has 2 atom stereocenters. The molecule has 0 aliphatic heterocycles. The van der Waals surface area contributed by atoms with Crippen molar-refractivity contribution in [1.82, 2.24) is 10.2 Å². The van der Waals surface area contributed by atoms with Crippen LogP contribution in [0.25, 0.3) is 0 Å². The van der Waals surface area contributed by atoms with Crippen LogP contribution in [-0.4, -0.2) is 36.1 Å². The van der Waals surface area contributed by atoms with Gasteiger partial charge in [0.25, 0.3) is 0 Å². The van der Waals surface area contributed by atoms with Gasteiger partial charge in [-0.15, -0.1) is 0 Å². The summed E-state index contributed by atoms with van der Waals surface area (Å²) in [5.74, 6) is 0.745. The number of rotatable bonds is 6. The molecule has 1 aliphatic rings. The lowest BCUT2D eigenvalue weighted by atomic mass is 9.72. The highest BCUT2D eigenvalue weighted by atomic mass is 15.2. The molecule has 1 saturated carbocycles. The van der Waals surface area contributed by atoms with Gasteiger partial charge in [-0.05, 0) is 51.0 Å². The average molecular weight is 268 g/mol. The van der Waals surface area contributed by atoms with Crippen molar-refractivity contribution in [3.8, 4) is 0 Å². The number of nitrogens with one attached hydrogen (secondary N) is 1. The Morgan fingerprint density at radius 3 is 2.32 bits per heavy atom. The molecule has 1 rings (SSSR count). The van der Waals surface area contributed by atoms with Crippen molar-refractivity contribution in [2.75, 3.05) is 13.1 Å². The first-order chi connectivity index (χ1) is 8.76. The Bertz CT molecular complexity index is 258. The molecule has 0 bridgehead atoms. The van der Waals surface area contributed by atoms with Crippen molar-refractivity contribution >= 4 is 0 Å². The van der Waals surface area contributed by atoms with E-state index in [1.807, 2.05) is 0 Å². The fraction of sp³-hybridized carbons (Fsp3) is 1.00. The molecular weight excluding hydrogens is 232 g/mol. The minimum absolute atomic E-state index is 0.501. The molecule has 19 heavy (non-hydrogen) atoms. The van der Waals surface area contributed by atoms with Gasteiger partial charge in [0.05, 0.1) is 0 Å². The van der Waals surface area contributed by atoms with Crippen LogP contribution in [0.1, 0.15) is 67.7 Å².